The van der Waals surface area contributed by atoms with Gasteiger partial charge in [0.05, 0.1) is 0 Å². The summed E-state index contributed by atoms with van der Waals surface area (Å²) in [4.78, 5) is 0. The molecule has 2 aromatic rings. The SMILES string of the molecule is NCCc1cc2ccccc2c(CCN)c1CCN. The minimum Gasteiger partial charge on any atom is -0.330 e. The molecule has 0 atom stereocenters. The second kappa shape index (κ2) is 6.66. The van der Waals surface area contributed by atoms with Crippen molar-refractivity contribution < 1.29 is 0 Å². The predicted molar refractivity (Wildman–Crippen MR) is 82.2 cm³/mol. The summed E-state index contributed by atoms with van der Waals surface area (Å²) < 4.78 is 0. The van der Waals surface area contributed by atoms with E-state index in [0.29, 0.717) is 19.6 Å². The van der Waals surface area contributed by atoms with Gasteiger partial charge in [-0.1, -0.05) is 30.3 Å². The molecule has 0 unspecified atom stereocenters. The van der Waals surface area contributed by atoms with Gasteiger partial charge in [-0.25, -0.2) is 0 Å². The minimum atomic E-state index is 0.660. The summed E-state index contributed by atoms with van der Waals surface area (Å²) in [7, 11) is 0. The lowest BCUT2D eigenvalue weighted by Crippen LogP contribution is -2.14. The Morgan fingerprint density at radius 1 is 0.737 bits per heavy atom. The van der Waals surface area contributed by atoms with Crippen molar-refractivity contribution in [1.82, 2.24) is 0 Å². The quantitative estimate of drug-likeness (QED) is 0.731. The second-order valence-electron chi connectivity index (χ2n) is 4.83. The molecule has 6 N–H and O–H groups in total. The molecule has 3 nitrogen and oxygen atoms in total. The Hall–Kier alpha value is -1.42. The van der Waals surface area contributed by atoms with Crippen LogP contribution in [-0.4, -0.2) is 19.6 Å². The smallest absolute Gasteiger partial charge is 0.00364 e. The molecule has 0 saturated carbocycles. The highest BCUT2D eigenvalue weighted by molar-refractivity contribution is 5.88. The van der Waals surface area contributed by atoms with Crippen LogP contribution < -0.4 is 17.2 Å². The summed E-state index contributed by atoms with van der Waals surface area (Å²) in [5.74, 6) is 0. The van der Waals surface area contributed by atoms with Gasteiger partial charge < -0.3 is 17.2 Å². The number of hydrogen-bond acceptors (Lipinski definition) is 3. The van der Waals surface area contributed by atoms with Crippen molar-refractivity contribution >= 4 is 10.8 Å². The Morgan fingerprint density at radius 3 is 2.05 bits per heavy atom. The lowest BCUT2D eigenvalue weighted by Gasteiger charge is -2.17. The molecule has 0 spiro atoms. The van der Waals surface area contributed by atoms with E-state index in [1.54, 1.807) is 0 Å². The normalized spacial score (nSPS) is 11.1. The molecule has 0 amide bonds. The fourth-order valence-electron chi connectivity index (χ4n) is 2.79. The Kier molecular flexibility index (Phi) is 4.91. The van der Waals surface area contributed by atoms with E-state index in [-0.39, 0.29) is 0 Å². The zero-order valence-corrected chi connectivity index (χ0v) is 11.4. The maximum atomic E-state index is 5.78. The van der Waals surface area contributed by atoms with E-state index in [1.165, 1.54) is 27.5 Å². The first-order valence-electron chi connectivity index (χ1n) is 6.94. The zero-order valence-electron chi connectivity index (χ0n) is 11.4. The van der Waals surface area contributed by atoms with Crippen molar-refractivity contribution in [3.8, 4) is 0 Å². The van der Waals surface area contributed by atoms with Gasteiger partial charge in [0.25, 0.3) is 0 Å². The highest BCUT2D eigenvalue weighted by Crippen LogP contribution is 2.27. The molecule has 0 aromatic heterocycles. The van der Waals surface area contributed by atoms with Gasteiger partial charge in [0.15, 0.2) is 0 Å². The highest BCUT2D eigenvalue weighted by atomic mass is 14.5. The molecule has 2 rings (SSSR count). The topological polar surface area (TPSA) is 78.1 Å². The van der Waals surface area contributed by atoms with Crippen LogP contribution in [-0.2, 0) is 19.3 Å². The van der Waals surface area contributed by atoms with Gasteiger partial charge in [-0.15, -0.1) is 0 Å². The molecule has 0 aliphatic heterocycles. The number of benzene rings is 2. The fourth-order valence-corrected chi connectivity index (χ4v) is 2.79. The lowest BCUT2D eigenvalue weighted by atomic mass is 9.89. The van der Waals surface area contributed by atoms with E-state index in [4.69, 9.17) is 17.2 Å². The molecule has 0 bridgehead atoms. The van der Waals surface area contributed by atoms with Crippen molar-refractivity contribution in [2.24, 2.45) is 17.2 Å². The van der Waals surface area contributed by atoms with Gasteiger partial charge in [-0.05, 0) is 66.4 Å². The van der Waals surface area contributed by atoms with Gasteiger partial charge in [-0.2, -0.15) is 0 Å². The third kappa shape index (κ3) is 2.95. The molecule has 19 heavy (non-hydrogen) atoms. The zero-order chi connectivity index (χ0) is 13.7. The molecule has 0 aliphatic carbocycles. The summed E-state index contributed by atoms with van der Waals surface area (Å²) in [6.45, 7) is 1.99. The van der Waals surface area contributed by atoms with Gasteiger partial charge >= 0.3 is 0 Å². The van der Waals surface area contributed by atoms with E-state index >= 15 is 0 Å². The Balaban J connectivity index is 2.67. The molecule has 102 valence electrons. The van der Waals surface area contributed by atoms with Crippen LogP contribution in [0.25, 0.3) is 10.8 Å². The van der Waals surface area contributed by atoms with E-state index in [2.05, 4.69) is 30.3 Å². The molecule has 0 heterocycles. The van der Waals surface area contributed by atoms with Crippen molar-refractivity contribution in [2.45, 2.75) is 19.3 Å². The molecule has 0 saturated heterocycles. The number of hydrogen-bond donors (Lipinski definition) is 3. The summed E-state index contributed by atoms with van der Waals surface area (Å²) in [6, 6.07) is 10.7. The van der Waals surface area contributed by atoms with Gasteiger partial charge in [0.2, 0.25) is 0 Å². The summed E-state index contributed by atoms with van der Waals surface area (Å²) in [5, 5.41) is 2.58. The van der Waals surface area contributed by atoms with Crippen molar-refractivity contribution in [3.63, 3.8) is 0 Å². The lowest BCUT2D eigenvalue weighted by molar-refractivity contribution is 0.874. The van der Waals surface area contributed by atoms with Crippen LogP contribution >= 0.6 is 0 Å². The monoisotopic (exact) mass is 257 g/mol. The molecule has 3 heteroatoms. The van der Waals surface area contributed by atoms with Gasteiger partial charge in [0.1, 0.15) is 0 Å². The summed E-state index contributed by atoms with van der Waals surface area (Å²) in [5.41, 5.74) is 21.3. The van der Waals surface area contributed by atoms with E-state index in [9.17, 15) is 0 Å². The van der Waals surface area contributed by atoms with Crippen LogP contribution in [0.1, 0.15) is 16.7 Å². The van der Waals surface area contributed by atoms with Crippen LogP contribution in [0.2, 0.25) is 0 Å². The maximum absolute atomic E-state index is 5.78. The predicted octanol–water partition coefficient (Wildman–Crippen LogP) is 1.34. The van der Waals surface area contributed by atoms with Crippen LogP contribution in [0.15, 0.2) is 30.3 Å². The Labute approximate surface area is 114 Å². The van der Waals surface area contributed by atoms with Gasteiger partial charge in [0, 0.05) is 0 Å². The Bertz CT molecular complexity index is 549. The van der Waals surface area contributed by atoms with E-state index in [1.807, 2.05) is 0 Å². The second-order valence-corrected chi connectivity index (χ2v) is 4.83. The molecular formula is C16H23N3. The molecular weight excluding hydrogens is 234 g/mol. The van der Waals surface area contributed by atoms with Crippen LogP contribution in [0.4, 0.5) is 0 Å². The highest BCUT2D eigenvalue weighted by Gasteiger charge is 2.11. The van der Waals surface area contributed by atoms with Crippen LogP contribution in [0, 0.1) is 0 Å². The van der Waals surface area contributed by atoms with Crippen molar-refractivity contribution in [1.29, 1.82) is 0 Å². The third-order valence-corrected chi connectivity index (χ3v) is 3.57. The average Bonchev–Trinajstić information content (AvgIpc) is 2.43. The standard InChI is InChI=1S/C16H23N3/c17-8-5-13-11-12-3-1-2-4-14(12)16(7-10-19)15(13)6-9-18/h1-4,11H,5-10,17-19H2. The van der Waals surface area contributed by atoms with Crippen molar-refractivity contribution in [3.05, 3.63) is 47.0 Å². The fraction of sp³-hybridized carbons (Fsp3) is 0.375. The Morgan fingerprint density at radius 2 is 1.37 bits per heavy atom. The molecule has 2 aromatic carbocycles. The number of rotatable bonds is 6. The molecule has 0 radical (unpaired) electrons. The van der Waals surface area contributed by atoms with Crippen LogP contribution in [0.3, 0.4) is 0 Å². The number of fused-ring (bicyclic) bond motifs is 1. The van der Waals surface area contributed by atoms with E-state index < -0.39 is 0 Å². The largest absolute Gasteiger partial charge is 0.330 e. The van der Waals surface area contributed by atoms with Crippen LogP contribution in [0.5, 0.6) is 0 Å². The average molecular weight is 257 g/mol. The van der Waals surface area contributed by atoms with Crippen molar-refractivity contribution in [2.75, 3.05) is 19.6 Å². The summed E-state index contributed by atoms with van der Waals surface area (Å²) >= 11 is 0. The third-order valence-electron chi connectivity index (χ3n) is 3.57. The first-order chi connectivity index (χ1) is 9.31. The van der Waals surface area contributed by atoms with E-state index in [0.717, 1.165) is 19.3 Å². The minimum absolute atomic E-state index is 0.660. The molecule has 0 fully saturated rings. The molecule has 0 aliphatic rings. The number of nitrogens with two attached hydrogens (primary N) is 3. The maximum Gasteiger partial charge on any atom is -0.00364 e. The first kappa shape index (κ1) is 14.0. The summed E-state index contributed by atoms with van der Waals surface area (Å²) in [6.07, 6.45) is 2.70. The first-order valence-corrected chi connectivity index (χ1v) is 6.94. The van der Waals surface area contributed by atoms with Gasteiger partial charge in [-0.3, -0.25) is 0 Å².